The van der Waals surface area contributed by atoms with Crippen LogP contribution >= 0.6 is 22.7 Å². The van der Waals surface area contributed by atoms with E-state index in [1.165, 1.54) is 16.8 Å². The third kappa shape index (κ3) is 2.43. The lowest BCUT2D eigenvalue weighted by Crippen LogP contribution is -2.19. The Morgan fingerprint density at radius 3 is 2.72 bits per heavy atom. The highest BCUT2D eigenvalue weighted by molar-refractivity contribution is 7.81. The maximum atomic E-state index is 11.4. The molecule has 0 bridgehead atoms. The van der Waals surface area contributed by atoms with Crippen molar-refractivity contribution in [2.75, 3.05) is 4.31 Å². The van der Waals surface area contributed by atoms with Gasteiger partial charge in [-0.15, -0.1) is 22.7 Å². The van der Waals surface area contributed by atoms with Crippen LogP contribution in [0.15, 0.2) is 17.6 Å². The van der Waals surface area contributed by atoms with E-state index >= 15 is 0 Å². The highest BCUT2D eigenvalue weighted by atomic mass is 32.2. The summed E-state index contributed by atoms with van der Waals surface area (Å²) in [5.41, 5.74) is 1.10. The van der Waals surface area contributed by atoms with Crippen LogP contribution in [0.2, 0.25) is 0 Å². The van der Waals surface area contributed by atoms with Crippen molar-refractivity contribution in [1.82, 2.24) is 4.98 Å². The van der Waals surface area contributed by atoms with Crippen molar-refractivity contribution < 1.29 is 18.7 Å². The van der Waals surface area contributed by atoms with E-state index in [-0.39, 0.29) is 10.7 Å². The van der Waals surface area contributed by atoms with Gasteiger partial charge < -0.3 is 5.11 Å². The number of carboxylic acid groups (broad SMARTS) is 1. The fraction of sp³-hybridized carbons (Fsp3) is 0.111. The molecule has 2 rings (SSSR count). The van der Waals surface area contributed by atoms with Gasteiger partial charge in [-0.25, -0.2) is 18.3 Å². The Morgan fingerprint density at radius 1 is 1.50 bits per heavy atom. The summed E-state index contributed by atoms with van der Waals surface area (Å²) in [6.07, 6.45) is 0. The molecule has 96 valence electrons. The summed E-state index contributed by atoms with van der Waals surface area (Å²) < 4.78 is 21.8. The molecule has 0 saturated carbocycles. The monoisotopic (exact) mass is 304 g/mol. The number of carboxylic acids is 1. The number of thiazole rings is 1. The first kappa shape index (κ1) is 13.1. The van der Waals surface area contributed by atoms with Crippen LogP contribution < -0.4 is 4.31 Å². The Morgan fingerprint density at radius 2 is 2.22 bits per heavy atom. The third-order valence-corrected chi connectivity index (χ3v) is 4.74. The number of hydrogen-bond acceptors (Lipinski definition) is 5. The van der Waals surface area contributed by atoms with Crippen LogP contribution in [0.1, 0.15) is 15.4 Å². The second-order valence-electron chi connectivity index (χ2n) is 3.22. The Bertz CT molecular complexity index is 606. The molecule has 0 aliphatic rings. The first-order valence-electron chi connectivity index (χ1n) is 4.65. The molecular formula is C9H8N2O4S3. The number of nitrogens with zero attached hydrogens (tertiary/aromatic N) is 2. The van der Waals surface area contributed by atoms with Gasteiger partial charge >= 0.3 is 5.97 Å². The number of carbonyl (C=O) groups is 1. The fourth-order valence-electron chi connectivity index (χ4n) is 1.31. The topological polar surface area (TPSA) is 90.7 Å². The highest BCUT2D eigenvalue weighted by Gasteiger charge is 2.25. The molecule has 9 heteroatoms. The van der Waals surface area contributed by atoms with Crippen molar-refractivity contribution in [3.63, 3.8) is 0 Å². The molecule has 0 aliphatic carbocycles. The summed E-state index contributed by atoms with van der Waals surface area (Å²) >= 11 is -0.0387. The Hall–Kier alpha value is -1.29. The molecule has 0 aromatic carbocycles. The molecule has 0 aliphatic heterocycles. The van der Waals surface area contributed by atoms with Crippen LogP contribution in [0.5, 0.6) is 0 Å². The zero-order valence-corrected chi connectivity index (χ0v) is 11.5. The van der Waals surface area contributed by atoms with E-state index in [1.807, 2.05) is 6.92 Å². The molecule has 0 radical (unpaired) electrons. The first-order valence-corrected chi connectivity index (χ1v) is 7.41. The molecule has 2 N–H and O–H groups in total. The lowest BCUT2D eigenvalue weighted by molar-refractivity contribution is 0.0692. The molecule has 2 aromatic rings. The molecule has 0 amide bonds. The molecule has 0 fully saturated rings. The predicted octanol–water partition coefficient (Wildman–Crippen LogP) is 2.49. The minimum absolute atomic E-state index is 0.144. The lowest BCUT2D eigenvalue weighted by atomic mass is 10.4. The number of aromatic nitrogens is 1. The maximum absolute atomic E-state index is 11.4. The Labute approximate surface area is 113 Å². The molecule has 1 unspecified atom stereocenters. The van der Waals surface area contributed by atoms with E-state index < -0.39 is 17.2 Å². The van der Waals surface area contributed by atoms with Crippen molar-refractivity contribution in [3.05, 3.63) is 28.2 Å². The van der Waals surface area contributed by atoms with Crippen molar-refractivity contribution in [2.45, 2.75) is 6.92 Å². The zero-order chi connectivity index (χ0) is 13.3. The predicted molar refractivity (Wildman–Crippen MR) is 71.0 cm³/mol. The van der Waals surface area contributed by atoms with Crippen LogP contribution in [0, 0.1) is 6.92 Å². The normalized spacial score (nSPS) is 12.3. The lowest BCUT2D eigenvalue weighted by Gasteiger charge is -2.15. The van der Waals surface area contributed by atoms with Gasteiger partial charge in [-0.05, 0) is 19.1 Å². The van der Waals surface area contributed by atoms with Crippen molar-refractivity contribution >= 4 is 49.9 Å². The van der Waals surface area contributed by atoms with E-state index in [4.69, 9.17) is 5.11 Å². The van der Waals surface area contributed by atoms with Crippen molar-refractivity contribution in [2.24, 2.45) is 0 Å². The molecule has 2 heterocycles. The third-order valence-electron chi connectivity index (χ3n) is 2.02. The van der Waals surface area contributed by atoms with Gasteiger partial charge in [0.15, 0.2) is 5.69 Å². The summed E-state index contributed by atoms with van der Waals surface area (Å²) in [6.45, 7) is 1.86. The zero-order valence-electron chi connectivity index (χ0n) is 9.06. The van der Waals surface area contributed by atoms with Gasteiger partial charge in [0.1, 0.15) is 10.0 Å². The second kappa shape index (κ2) is 5.14. The van der Waals surface area contributed by atoms with Crippen LogP contribution in [-0.4, -0.2) is 24.8 Å². The summed E-state index contributed by atoms with van der Waals surface area (Å²) in [6, 6.07) is 3.46. The largest absolute Gasteiger partial charge is 0.476 e. The van der Waals surface area contributed by atoms with E-state index in [2.05, 4.69) is 4.98 Å². The summed E-state index contributed by atoms with van der Waals surface area (Å²) in [5.74, 6) is -1.23. The minimum Gasteiger partial charge on any atom is -0.476 e. The smallest absolute Gasteiger partial charge is 0.357 e. The second-order valence-corrected chi connectivity index (χ2v) is 6.15. The molecule has 0 saturated heterocycles. The van der Waals surface area contributed by atoms with Crippen LogP contribution in [0.25, 0.3) is 0 Å². The SMILES string of the molecule is Cc1ccc(N(c2scnc2C(=O)O)S(=O)O)s1. The molecular weight excluding hydrogens is 296 g/mol. The Balaban J connectivity index is 2.52. The van der Waals surface area contributed by atoms with Gasteiger partial charge in [0.2, 0.25) is 0 Å². The van der Waals surface area contributed by atoms with Gasteiger partial charge in [0.05, 0.1) is 5.51 Å². The van der Waals surface area contributed by atoms with Crippen molar-refractivity contribution in [1.29, 1.82) is 0 Å². The number of aromatic carboxylic acids is 1. The fourth-order valence-corrected chi connectivity index (χ4v) is 3.91. The van der Waals surface area contributed by atoms with Gasteiger partial charge in [0, 0.05) is 4.88 Å². The number of anilines is 2. The summed E-state index contributed by atoms with van der Waals surface area (Å²) in [5, 5.41) is 9.62. The van der Waals surface area contributed by atoms with Gasteiger partial charge in [-0.2, -0.15) is 0 Å². The van der Waals surface area contributed by atoms with Gasteiger partial charge in [0.25, 0.3) is 11.3 Å². The number of rotatable bonds is 4. The summed E-state index contributed by atoms with van der Waals surface area (Å²) in [4.78, 5) is 15.6. The number of hydrogen-bond donors (Lipinski definition) is 2. The van der Waals surface area contributed by atoms with Crippen LogP contribution in [0.4, 0.5) is 10.0 Å². The minimum atomic E-state index is -2.35. The van der Waals surface area contributed by atoms with Crippen LogP contribution in [0.3, 0.4) is 0 Å². The number of aryl methyl sites for hydroxylation is 1. The molecule has 0 spiro atoms. The molecule has 6 nitrogen and oxygen atoms in total. The Kier molecular flexibility index (Phi) is 3.76. The van der Waals surface area contributed by atoms with E-state index in [0.29, 0.717) is 5.00 Å². The quantitative estimate of drug-likeness (QED) is 0.847. The standard InChI is InChI=1S/C9H8N2O4S3/c1-5-2-3-6(17-5)11(18(14)15)8-7(9(12)13)10-4-16-8/h2-4H,1H3,(H,12,13)(H,14,15). The van der Waals surface area contributed by atoms with Crippen molar-refractivity contribution in [3.8, 4) is 0 Å². The average molecular weight is 304 g/mol. The van der Waals surface area contributed by atoms with Gasteiger partial charge in [-0.3, -0.25) is 4.55 Å². The van der Waals surface area contributed by atoms with E-state index in [9.17, 15) is 13.6 Å². The van der Waals surface area contributed by atoms with E-state index in [1.54, 1.807) is 12.1 Å². The molecule has 1 atom stereocenters. The molecule has 18 heavy (non-hydrogen) atoms. The number of thiophene rings is 1. The molecule has 2 aromatic heterocycles. The van der Waals surface area contributed by atoms with Gasteiger partial charge in [-0.1, -0.05) is 0 Å². The average Bonchev–Trinajstić information content (AvgIpc) is 2.88. The summed E-state index contributed by atoms with van der Waals surface area (Å²) in [7, 11) is 0. The highest BCUT2D eigenvalue weighted by Crippen LogP contribution is 2.37. The van der Waals surface area contributed by atoms with Crippen LogP contribution in [-0.2, 0) is 11.3 Å². The first-order chi connectivity index (χ1) is 8.50. The maximum Gasteiger partial charge on any atom is 0.357 e. The van der Waals surface area contributed by atoms with E-state index in [0.717, 1.165) is 20.5 Å².